The molecule has 2 N–H and O–H groups in total. The minimum atomic E-state index is 0.206. The van der Waals surface area contributed by atoms with Crippen molar-refractivity contribution in [3.8, 4) is 11.1 Å². The summed E-state index contributed by atoms with van der Waals surface area (Å²) >= 11 is 0. The van der Waals surface area contributed by atoms with E-state index in [1.165, 1.54) is 16.7 Å². The molecule has 96 valence electrons. The average molecular weight is 242 g/mol. The summed E-state index contributed by atoms with van der Waals surface area (Å²) in [7, 11) is 2.04. The van der Waals surface area contributed by atoms with Gasteiger partial charge in [0.25, 0.3) is 0 Å². The molecule has 2 rings (SSSR count). The van der Waals surface area contributed by atoms with Crippen LogP contribution >= 0.6 is 0 Å². The molecule has 1 aromatic heterocycles. The SMILES string of the molecule is Cn1cc(-c2ccc(C(C)(C)C)cc2)cc1CN. The Morgan fingerprint density at radius 2 is 1.67 bits per heavy atom. The maximum Gasteiger partial charge on any atom is 0.0334 e. The molecule has 0 bridgehead atoms. The third kappa shape index (κ3) is 2.49. The molecular formula is C16H22N2. The molecule has 1 aromatic carbocycles. The number of hydrogen-bond acceptors (Lipinski definition) is 1. The van der Waals surface area contributed by atoms with Crippen LogP contribution in [-0.2, 0) is 19.0 Å². The van der Waals surface area contributed by atoms with Gasteiger partial charge in [0.2, 0.25) is 0 Å². The summed E-state index contributed by atoms with van der Waals surface area (Å²) in [5, 5.41) is 0. The molecule has 0 spiro atoms. The summed E-state index contributed by atoms with van der Waals surface area (Å²) in [5.74, 6) is 0. The van der Waals surface area contributed by atoms with Crippen molar-refractivity contribution in [2.75, 3.05) is 0 Å². The Balaban J connectivity index is 2.34. The number of rotatable bonds is 2. The van der Waals surface area contributed by atoms with E-state index in [9.17, 15) is 0 Å². The van der Waals surface area contributed by atoms with Crippen molar-refractivity contribution in [3.63, 3.8) is 0 Å². The van der Waals surface area contributed by atoms with E-state index in [0.717, 1.165) is 5.69 Å². The second kappa shape index (κ2) is 4.62. The van der Waals surface area contributed by atoms with Crippen molar-refractivity contribution < 1.29 is 0 Å². The van der Waals surface area contributed by atoms with Crippen LogP contribution in [0, 0.1) is 0 Å². The predicted molar refractivity (Wildman–Crippen MR) is 77.4 cm³/mol. The van der Waals surface area contributed by atoms with Crippen LogP contribution in [0.2, 0.25) is 0 Å². The Kier molecular flexibility index (Phi) is 3.31. The molecule has 18 heavy (non-hydrogen) atoms. The van der Waals surface area contributed by atoms with Gasteiger partial charge in [-0.15, -0.1) is 0 Å². The van der Waals surface area contributed by atoms with E-state index in [0.29, 0.717) is 6.54 Å². The van der Waals surface area contributed by atoms with Gasteiger partial charge in [-0.2, -0.15) is 0 Å². The zero-order chi connectivity index (χ0) is 13.3. The highest BCUT2D eigenvalue weighted by molar-refractivity contribution is 5.64. The lowest BCUT2D eigenvalue weighted by molar-refractivity contribution is 0.590. The third-order valence-corrected chi connectivity index (χ3v) is 3.40. The quantitative estimate of drug-likeness (QED) is 0.859. The van der Waals surface area contributed by atoms with Gasteiger partial charge in [0.05, 0.1) is 0 Å². The van der Waals surface area contributed by atoms with E-state index in [2.05, 4.69) is 61.9 Å². The Morgan fingerprint density at radius 3 is 2.11 bits per heavy atom. The largest absolute Gasteiger partial charge is 0.353 e. The minimum absolute atomic E-state index is 0.206. The zero-order valence-electron chi connectivity index (χ0n) is 11.7. The molecule has 0 amide bonds. The van der Waals surface area contributed by atoms with Crippen LogP contribution in [0.4, 0.5) is 0 Å². The molecule has 0 aliphatic heterocycles. The van der Waals surface area contributed by atoms with Crippen LogP contribution in [0.1, 0.15) is 32.0 Å². The smallest absolute Gasteiger partial charge is 0.0334 e. The lowest BCUT2D eigenvalue weighted by atomic mass is 9.86. The molecule has 0 fully saturated rings. The highest BCUT2D eigenvalue weighted by Gasteiger charge is 2.13. The van der Waals surface area contributed by atoms with Gasteiger partial charge in [-0.3, -0.25) is 0 Å². The second-order valence-electron chi connectivity index (χ2n) is 5.86. The van der Waals surface area contributed by atoms with Gasteiger partial charge in [0.15, 0.2) is 0 Å². The number of aromatic nitrogens is 1. The van der Waals surface area contributed by atoms with Gasteiger partial charge >= 0.3 is 0 Å². The highest BCUT2D eigenvalue weighted by Crippen LogP contribution is 2.26. The molecule has 0 atom stereocenters. The Hall–Kier alpha value is -1.54. The normalized spacial score (nSPS) is 11.8. The molecule has 0 aliphatic rings. The van der Waals surface area contributed by atoms with Gasteiger partial charge < -0.3 is 10.3 Å². The fourth-order valence-electron chi connectivity index (χ4n) is 2.13. The Bertz CT molecular complexity index is 527. The maximum atomic E-state index is 5.70. The summed E-state index contributed by atoms with van der Waals surface area (Å²) in [5.41, 5.74) is 10.9. The maximum absolute atomic E-state index is 5.70. The van der Waals surface area contributed by atoms with E-state index in [4.69, 9.17) is 5.73 Å². The number of aryl methyl sites for hydroxylation is 1. The highest BCUT2D eigenvalue weighted by atomic mass is 14.9. The number of nitrogens with zero attached hydrogens (tertiary/aromatic N) is 1. The first-order valence-electron chi connectivity index (χ1n) is 6.38. The second-order valence-corrected chi connectivity index (χ2v) is 5.86. The molecule has 0 saturated carbocycles. The van der Waals surface area contributed by atoms with Crippen LogP contribution in [0.5, 0.6) is 0 Å². The lowest BCUT2D eigenvalue weighted by Gasteiger charge is -2.19. The monoisotopic (exact) mass is 242 g/mol. The molecule has 0 aliphatic carbocycles. The van der Waals surface area contributed by atoms with Crippen molar-refractivity contribution >= 4 is 0 Å². The molecule has 0 unspecified atom stereocenters. The number of hydrogen-bond donors (Lipinski definition) is 1. The van der Waals surface area contributed by atoms with Crippen LogP contribution in [0.15, 0.2) is 36.5 Å². The summed E-state index contributed by atoms with van der Waals surface area (Å²) < 4.78 is 2.09. The molecule has 2 heteroatoms. The van der Waals surface area contributed by atoms with Crippen molar-refractivity contribution in [2.45, 2.75) is 32.7 Å². The summed E-state index contributed by atoms with van der Waals surface area (Å²) in [4.78, 5) is 0. The molecule has 0 radical (unpaired) electrons. The van der Waals surface area contributed by atoms with E-state index >= 15 is 0 Å². The van der Waals surface area contributed by atoms with Gasteiger partial charge in [-0.1, -0.05) is 45.0 Å². The molecule has 0 saturated heterocycles. The van der Waals surface area contributed by atoms with E-state index in [1.807, 2.05) is 7.05 Å². The standard InChI is InChI=1S/C16H22N2/c1-16(2,3)14-7-5-12(6-8-14)13-9-15(10-17)18(4)11-13/h5-9,11H,10,17H2,1-4H3. The van der Waals surface area contributed by atoms with Crippen molar-refractivity contribution in [1.82, 2.24) is 4.57 Å². The van der Waals surface area contributed by atoms with E-state index in [-0.39, 0.29) is 5.41 Å². The first-order valence-corrected chi connectivity index (χ1v) is 6.38. The molecule has 2 nitrogen and oxygen atoms in total. The first-order chi connectivity index (χ1) is 8.41. The Morgan fingerprint density at radius 1 is 1.06 bits per heavy atom. The fourth-order valence-corrected chi connectivity index (χ4v) is 2.13. The van der Waals surface area contributed by atoms with Gasteiger partial charge in [0, 0.05) is 25.5 Å². The zero-order valence-corrected chi connectivity index (χ0v) is 11.7. The van der Waals surface area contributed by atoms with Crippen LogP contribution in [0.25, 0.3) is 11.1 Å². The van der Waals surface area contributed by atoms with Crippen molar-refractivity contribution in [3.05, 3.63) is 47.8 Å². The molecule has 1 heterocycles. The van der Waals surface area contributed by atoms with Crippen LogP contribution in [-0.4, -0.2) is 4.57 Å². The first kappa shape index (κ1) is 12.9. The Labute approximate surface area is 109 Å². The van der Waals surface area contributed by atoms with Crippen molar-refractivity contribution in [1.29, 1.82) is 0 Å². The summed E-state index contributed by atoms with van der Waals surface area (Å²) in [6.45, 7) is 7.28. The molecule has 2 aromatic rings. The predicted octanol–water partition coefficient (Wildman–Crippen LogP) is 3.45. The van der Waals surface area contributed by atoms with Crippen molar-refractivity contribution in [2.24, 2.45) is 12.8 Å². The van der Waals surface area contributed by atoms with Gasteiger partial charge in [0.1, 0.15) is 0 Å². The minimum Gasteiger partial charge on any atom is -0.353 e. The summed E-state index contributed by atoms with van der Waals surface area (Å²) in [6, 6.07) is 11.0. The van der Waals surface area contributed by atoms with Crippen LogP contribution < -0.4 is 5.73 Å². The number of benzene rings is 1. The van der Waals surface area contributed by atoms with E-state index < -0.39 is 0 Å². The van der Waals surface area contributed by atoms with Crippen LogP contribution in [0.3, 0.4) is 0 Å². The third-order valence-electron chi connectivity index (χ3n) is 3.40. The van der Waals surface area contributed by atoms with Gasteiger partial charge in [-0.25, -0.2) is 0 Å². The number of nitrogens with two attached hydrogens (primary N) is 1. The average Bonchev–Trinajstić information content (AvgIpc) is 2.69. The van der Waals surface area contributed by atoms with Gasteiger partial charge in [-0.05, 0) is 28.2 Å². The fraction of sp³-hybridized carbons (Fsp3) is 0.375. The summed E-state index contributed by atoms with van der Waals surface area (Å²) in [6.07, 6.45) is 2.13. The molecular weight excluding hydrogens is 220 g/mol. The topological polar surface area (TPSA) is 30.9 Å². The van der Waals surface area contributed by atoms with E-state index in [1.54, 1.807) is 0 Å². The lowest BCUT2D eigenvalue weighted by Crippen LogP contribution is -2.10.